The van der Waals surface area contributed by atoms with Crippen molar-refractivity contribution in [1.29, 1.82) is 0 Å². The van der Waals surface area contributed by atoms with E-state index in [9.17, 15) is 13.0 Å². The summed E-state index contributed by atoms with van der Waals surface area (Å²) in [6, 6.07) is 0. The highest BCUT2D eigenvalue weighted by Crippen LogP contribution is 2.46. The quantitative estimate of drug-likeness (QED) is 0.543. The molecule has 1 saturated heterocycles. The molecule has 1 N–H and O–H groups in total. The zero-order chi connectivity index (χ0) is 15.3. The Morgan fingerprint density at radius 2 is 1.71 bits per heavy atom. The number of unbranched alkanes of at least 4 members (excludes halogenated alkanes) is 5. The van der Waals surface area contributed by atoms with E-state index in [0.29, 0.717) is 5.92 Å². The van der Waals surface area contributed by atoms with Crippen LogP contribution in [0.2, 0.25) is 0 Å². The van der Waals surface area contributed by atoms with Crippen LogP contribution in [0.25, 0.3) is 0 Å². The monoisotopic (exact) mass is 318 g/mol. The lowest BCUT2D eigenvalue weighted by Gasteiger charge is -2.51. The zero-order valence-electron chi connectivity index (χ0n) is 13.2. The second-order valence-corrected chi connectivity index (χ2v) is 8.48. The predicted octanol–water partition coefficient (Wildman–Crippen LogP) is 3.95. The van der Waals surface area contributed by atoms with Gasteiger partial charge >= 0.3 is 0 Å². The minimum absolute atomic E-state index is 0.168. The number of hydrogen-bond donors (Lipinski definition) is 1. The van der Waals surface area contributed by atoms with Gasteiger partial charge in [0, 0.05) is 0 Å². The van der Waals surface area contributed by atoms with Crippen molar-refractivity contribution in [3.63, 3.8) is 0 Å². The Kier molecular flexibility index (Phi) is 6.09. The second kappa shape index (κ2) is 7.42. The van der Waals surface area contributed by atoms with E-state index in [4.69, 9.17) is 4.74 Å². The normalized spacial score (nSPS) is 33.0. The topological polar surface area (TPSA) is 63.6 Å². The van der Waals surface area contributed by atoms with Crippen molar-refractivity contribution < 1.29 is 17.7 Å². The molecule has 0 aromatic rings. The molecular weight excluding hydrogens is 288 g/mol. The Morgan fingerprint density at radius 3 is 2.24 bits per heavy atom. The van der Waals surface area contributed by atoms with Crippen LogP contribution in [0.5, 0.6) is 0 Å². The standard InChI is InChI=1S/C16H30O4S/c1-2-3-4-5-6-7-8-14-9-11-16(12-10-14)15(13-20-16)21(17,18)19/h14-15H,2-13H2,1H3,(H,17,18,19). The summed E-state index contributed by atoms with van der Waals surface area (Å²) in [5, 5.41) is -0.681. The molecule has 124 valence electrons. The lowest BCUT2D eigenvalue weighted by atomic mass is 9.73. The maximum atomic E-state index is 11.3. The van der Waals surface area contributed by atoms with E-state index in [0.717, 1.165) is 25.7 Å². The summed E-state index contributed by atoms with van der Waals surface area (Å²) >= 11 is 0. The van der Waals surface area contributed by atoms with Gasteiger partial charge in [0.05, 0.1) is 12.2 Å². The summed E-state index contributed by atoms with van der Waals surface area (Å²) in [5.74, 6) is 0.716. The predicted molar refractivity (Wildman–Crippen MR) is 84.0 cm³/mol. The first-order chi connectivity index (χ1) is 9.98. The maximum absolute atomic E-state index is 11.3. The SMILES string of the molecule is CCCCCCCCC1CCC2(CC1)OCC2S(=O)(=O)O. The molecule has 0 bridgehead atoms. The van der Waals surface area contributed by atoms with Crippen LogP contribution in [-0.2, 0) is 14.9 Å². The third kappa shape index (κ3) is 4.42. The van der Waals surface area contributed by atoms with Crippen LogP contribution < -0.4 is 0 Å². The summed E-state index contributed by atoms with van der Waals surface area (Å²) in [6.45, 7) is 2.40. The fraction of sp³-hybridized carbons (Fsp3) is 1.00. The van der Waals surface area contributed by atoms with E-state index in [2.05, 4.69) is 6.92 Å². The van der Waals surface area contributed by atoms with Crippen molar-refractivity contribution in [1.82, 2.24) is 0 Å². The van der Waals surface area contributed by atoms with Crippen LogP contribution in [0, 0.1) is 5.92 Å². The Morgan fingerprint density at radius 1 is 1.10 bits per heavy atom. The third-order valence-corrected chi connectivity index (χ3v) is 6.67. The molecule has 1 aliphatic carbocycles. The van der Waals surface area contributed by atoms with Gasteiger partial charge in [-0.1, -0.05) is 51.9 Å². The first-order valence-corrected chi connectivity index (χ1v) is 10.1. The highest BCUT2D eigenvalue weighted by molar-refractivity contribution is 7.86. The van der Waals surface area contributed by atoms with Crippen molar-refractivity contribution in [3.8, 4) is 0 Å². The molecule has 21 heavy (non-hydrogen) atoms. The minimum atomic E-state index is -3.95. The van der Waals surface area contributed by atoms with Gasteiger partial charge in [0.1, 0.15) is 5.25 Å². The van der Waals surface area contributed by atoms with Crippen LogP contribution in [0.1, 0.15) is 77.6 Å². The van der Waals surface area contributed by atoms with E-state index < -0.39 is 21.0 Å². The molecule has 2 aliphatic rings. The van der Waals surface area contributed by atoms with E-state index in [1.54, 1.807) is 0 Å². The van der Waals surface area contributed by atoms with Crippen LogP contribution in [-0.4, -0.2) is 30.4 Å². The maximum Gasteiger partial charge on any atom is 0.272 e. The zero-order valence-corrected chi connectivity index (χ0v) is 14.0. The summed E-state index contributed by atoms with van der Waals surface area (Å²) in [5.41, 5.74) is -0.564. The molecule has 1 heterocycles. The first-order valence-electron chi connectivity index (χ1n) is 8.58. The fourth-order valence-electron chi connectivity index (χ4n) is 3.88. The fourth-order valence-corrected chi connectivity index (χ4v) is 4.97. The molecule has 1 aliphatic heterocycles. The molecule has 2 rings (SSSR count). The molecule has 1 spiro atoms. The van der Waals surface area contributed by atoms with Gasteiger partial charge in [0.25, 0.3) is 10.1 Å². The van der Waals surface area contributed by atoms with Crippen LogP contribution in [0.15, 0.2) is 0 Å². The van der Waals surface area contributed by atoms with Gasteiger partial charge in [-0.05, 0) is 31.6 Å². The smallest absolute Gasteiger partial charge is 0.272 e. The number of ether oxygens (including phenoxy) is 1. The molecule has 1 unspecified atom stereocenters. The Labute approximate surface area is 129 Å². The van der Waals surface area contributed by atoms with E-state index >= 15 is 0 Å². The molecule has 1 saturated carbocycles. The Hall–Kier alpha value is -0.130. The van der Waals surface area contributed by atoms with E-state index in [1.807, 2.05) is 0 Å². The lowest BCUT2D eigenvalue weighted by molar-refractivity contribution is -0.166. The minimum Gasteiger partial charge on any atom is -0.372 e. The van der Waals surface area contributed by atoms with Gasteiger partial charge in [-0.2, -0.15) is 8.42 Å². The Balaban J connectivity index is 1.65. The highest BCUT2D eigenvalue weighted by atomic mass is 32.2. The summed E-state index contributed by atoms with van der Waals surface area (Å²) in [4.78, 5) is 0. The molecular formula is C16H30O4S. The number of hydrogen-bond acceptors (Lipinski definition) is 3. The van der Waals surface area contributed by atoms with Crippen LogP contribution in [0.4, 0.5) is 0 Å². The van der Waals surface area contributed by atoms with Crippen LogP contribution in [0.3, 0.4) is 0 Å². The molecule has 0 aromatic carbocycles. The molecule has 0 aromatic heterocycles. The van der Waals surface area contributed by atoms with Gasteiger partial charge in [0.15, 0.2) is 0 Å². The average molecular weight is 318 g/mol. The average Bonchev–Trinajstić information content (AvgIpc) is 2.40. The molecule has 4 nitrogen and oxygen atoms in total. The van der Waals surface area contributed by atoms with Crippen molar-refractivity contribution in [2.45, 2.75) is 88.4 Å². The largest absolute Gasteiger partial charge is 0.372 e. The summed E-state index contributed by atoms with van der Waals surface area (Å²) in [7, 11) is -3.95. The van der Waals surface area contributed by atoms with Crippen molar-refractivity contribution >= 4 is 10.1 Å². The number of rotatable bonds is 8. The Bertz CT molecular complexity index is 410. The van der Waals surface area contributed by atoms with E-state index in [1.165, 1.54) is 44.9 Å². The third-order valence-electron chi connectivity index (χ3n) is 5.39. The van der Waals surface area contributed by atoms with Crippen molar-refractivity contribution in [2.75, 3.05) is 6.61 Å². The first kappa shape index (κ1) is 17.2. The van der Waals surface area contributed by atoms with Crippen LogP contribution >= 0.6 is 0 Å². The van der Waals surface area contributed by atoms with E-state index in [-0.39, 0.29) is 6.61 Å². The van der Waals surface area contributed by atoms with Gasteiger partial charge in [0.2, 0.25) is 0 Å². The van der Waals surface area contributed by atoms with Crippen molar-refractivity contribution in [3.05, 3.63) is 0 Å². The van der Waals surface area contributed by atoms with Gasteiger partial charge in [-0.15, -0.1) is 0 Å². The molecule has 0 radical (unpaired) electrons. The summed E-state index contributed by atoms with van der Waals surface area (Å²) in [6.07, 6.45) is 12.9. The molecule has 5 heteroatoms. The molecule has 1 atom stereocenters. The molecule has 2 fully saturated rings. The highest BCUT2D eigenvalue weighted by Gasteiger charge is 2.55. The second-order valence-electron chi connectivity index (χ2n) is 6.88. The van der Waals surface area contributed by atoms with Gasteiger partial charge in [-0.3, -0.25) is 4.55 Å². The lowest BCUT2D eigenvalue weighted by Crippen LogP contribution is -2.62. The molecule has 0 amide bonds. The summed E-state index contributed by atoms with van der Waals surface area (Å²) < 4.78 is 37.5. The van der Waals surface area contributed by atoms with Gasteiger partial charge < -0.3 is 4.74 Å². The van der Waals surface area contributed by atoms with Gasteiger partial charge in [-0.25, -0.2) is 0 Å². The van der Waals surface area contributed by atoms with Crippen molar-refractivity contribution in [2.24, 2.45) is 5.92 Å².